The second-order valence-corrected chi connectivity index (χ2v) is 9.02. The number of aliphatic imine (C=N–C) groups is 1. The van der Waals surface area contributed by atoms with Gasteiger partial charge in [0, 0.05) is 26.6 Å². The lowest BCUT2D eigenvalue weighted by Crippen LogP contribution is -2.24. The largest absolute Gasteiger partial charge is 0.370 e. The van der Waals surface area contributed by atoms with E-state index in [-0.39, 0.29) is 16.4 Å². The van der Waals surface area contributed by atoms with Crippen molar-refractivity contribution in [1.29, 1.82) is 0 Å². The topological polar surface area (TPSA) is 116 Å². The Hall–Kier alpha value is -2.03. The minimum absolute atomic E-state index is 0.0452. The predicted octanol–water partition coefficient (Wildman–Crippen LogP) is 2.87. The molecule has 0 aliphatic carbocycles. The molecule has 0 heterocycles. The smallest absolute Gasteiger partial charge is 0.280 e. The minimum Gasteiger partial charge on any atom is -0.370 e. The standard InChI is InChI=1S/C17H18ClN3O3S2/c1-3-10-8-14(25-12-6-4-11(18)5-7-12)15(26(2,23)24)9-13(10)16(22)21-17(19)20/h4-9H,3H2,1-2H3,(H4,19,20,21,22). The lowest BCUT2D eigenvalue weighted by molar-refractivity contribution is 0.100. The van der Waals surface area contributed by atoms with Crippen LogP contribution in [0.5, 0.6) is 0 Å². The molecule has 4 N–H and O–H groups in total. The van der Waals surface area contributed by atoms with Gasteiger partial charge >= 0.3 is 0 Å². The molecular formula is C17H18ClN3O3S2. The molecule has 0 aliphatic heterocycles. The molecule has 26 heavy (non-hydrogen) atoms. The number of rotatable bonds is 5. The molecule has 6 nitrogen and oxygen atoms in total. The van der Waals surface area contributed by atoms with Gasteiger partial charge in [0.1, 0.15) is 0 Å². The van der Waals surface area contributed by atoms with Crippen molar-refractivity contribution in [2.24, 2.45) is 16.5 Å². The van der Waals surface area contributed by atoms with Gasteiger partial charge in [-0.25, -0.2) is 8.42 Å². The number of hydrogen-bond acceptors (Lipinski definition) is 4. The SMILES string of the molecule is CCc1cc(Sc2ccc(Cl)cc2)c(S(C)(=O)=O)cc1C(=O)N=C(N)N. The van der Waals surface area contributed by atoms with E-state index in [1.165, 1.54) is 17.8 Å². The van der Waals surface area contributed by atoms with E-state index in [2.05, 4.69) is 4.99 Å². The van der Waals surface area contributed by atoms with Crippen LogP contribution in [0.15, 0.2) is 56.1 Å². The van der Waals surface area contributed by atoms with E-state index in [1.807, 2.05) is 6.92 Å². The summed E-state index contributed by atoms with van der Waals surface area (Å²) >= 11 is 7.17. The van der Waals surface area contributed by atoms with Crippen molar-refractivity contribution in [2.75, 3.05) is 6.26 Å². The van der Waals surface area contributed by atoms with Crippen LogP contribution >= 0.6 is 23.4 Å². The second kappa shape index (κ2) is 8.11. The Labute approximate surface area is 161 Å². The first-order valence-electron chi connectivity index (χ1n) is 7.56. The van der Waals surface area contributed by atoms with Gasteiger partial charge in [-0.3, -0.25) is 4.79 Å². The highest BCUT2D eigenvalue weighted by Crippen LogP contribution is 2.35. The van der Waals surface area contributed by atoms with Gasteiger partial charge in [-0.05, 0) is 48.4 Å². The highest BCUT2D eigenvalue weighted by Gasteiger charge is 2.21. The normalized spacial score (nSPS) is 11.2. The van der Waals surface area contributed by atoms with E-state index in [0.29, 0.717) is 21.9 Å². The molecule has 0 saturated heterocycles. The molecule has 0 saturated carbocycles. The molecule has 2 aromatic rings. The van der Waals surface area contributed by atoms with Gasteiger partial charge in [-0.2, -0.15) is 4.99 Å². The summed E-state index contributed by atoms with van der Waals surface area (Å²) in [6, 6.07) is 10.1. The van der Waals surface area contributed by atoms with Crippen LogP contribution in [0.1, 0.15) is 22.8 Å². The highest BCUT2D eigenvalue weighted by atomic mass is 35.5. The summed E-state index contributed by atoms with van der Waals surface area (Å²) in [6.07, 6.45) is 1.61. The van der Waals surface area contributed by atoms with Crippen LogP contribution in [0.3, 0.4) is 0 Å². The number of benzene rings is 2. The molecule has 2 aromatic carbocycles. The van der Waals surface area contributed by atoms with Crippen molar-refractivity contribution in [2.45, 2.75) is 28.0 Å². The number of nitrogens with two attached hydrogens (primary N) is 2. The number of nitrogens with zero attached hydrogens (tertiary/aromatic N) is 1. The first-order valence-corrected chi connectivity index (χ1v) is 10.6. The van der Waals surface area contributed by atoms with E-state index >= 15 is 0 Å². The molecule has 0 spiro atoms. The monoisotopic (exact) mass is 411 g/mol. The third-order valence-corrected chi connectivity index (χ3v) is 6.04. The molecule has 9 heteroatoms. The fraction of sp³-hybridized carbons (Fsp3) is 0.176. The van der Waals surface area contributed by atoms with Gasteiger partial charge in [-0.1, -0.05) is 30.3 Å². The number of aryl methyl sites for hydroxylation is 1. The summed E-state index contributed by atoms with van der Waals surface area (Å²) in [5, 5.41) is 0.588. The van der Waals surface area contributed by atoms with Crippen LogP contribution in [0.4, 0.5) is 0 Å². The van der Waals surface area contributed by atoms with Crippen molar-refractivity contribution < 1.29 is 13.2 Å². The number of guanidine groups is 1. The Balaban J connectivity index is 2.62. The van der Waals surface area contributed by atoms with Crippen molar-refractivity contribution >= 4 is 45.1 Å². The first-order chi connectivity index (χ1) is 12.1. The molecule has 1 amide bonds. The maximum absolute atomic E-state index is 12.3. The molecule has 0 unspecified atom stereocenters. The maximum atomic E-state index is 12.3. The van der Waals surface area contributed by atoms with E-state index < -0.39 is 15.7 Å². The molecule has 0 aliphatic rings. The van der Waals surface area contributed by atoms with Gasteiger partial charge in [0.05, 0.1) is 4.90 Å². The van der Waals surface area contributed by atoms with E-state index in [0.717, 1.165) is 11.2 Å². The molecule has 0 atom stereocenters. The average Bonchev–Trinajstić information content (AvgIpc) is 2.54. The Morgan fingerprint density at radius 3 is 2.31 bits per heavy atom. The predicted molar refractivity (Wildman–Crippen MR) is 105 cm³/mol. The molecule has 0 aromatic heterocycles. The summed E-state index contributed by atoms with van der Waals surface area (Å²) in [5.74, 6) is -1.05. The Morgan fingerprint density at radius 1 is 1.19 bits per heavy atom. The highest BCUT2D eigenvalue weighted by molar-refractivity contribution is 8.00. The van der Waals surface area contributed by atoms with Crippen molar-refractivity contribution in [3.63, 3.8) is 0 Å². The fourth-order valence-electron chi connectivity index (χ4n) is 2.27. The van der Waals surface area contributed by atoms with Crippen molar-refractivity contribution in [3.8, 4) is 0 Å². The van der Waals surface area contributed by atoms with Crippen molar-refractivity contribution in [1.82, 2.24) is 0 Å². The second-order valence-electron chi connectivity index (χ2n) is 5.48. The zero-order chi connectivity index (χ0) is 19.5. The van der Waals surface area contributed by atoms with Crippen molar-refractivity contribution in [3.05, 3.63) is 52.5 Å². The molecule has 0 fully saturated rings. The van der Waals surface area contributed by atoms with Crippen LogP contribution in [0.25, 0.3) is 0 Å². The van der Waals surface area contributed by atoms with E-state index in [4.69, 9.17) is 23.1 Å². The van der Waals surface area contributed by atoms with Crippen LogP contribution in [0, 0.1) is 0 Å². The summed E-state index contributed by atoms with van der Waals surface area (Å²) < 4.78 is 24.5. The van der Waals surface area contributed by atoms with Crippen LogP contribution in [0.2, 0.25) is 5.02 Å². The minimum atomic E-state index is -3.58. The fourth-order valence-corrected chi connectivity index (χ4v) is 4.62. The summed E-state index contributed by atoms with van der Waals surface area (Å²) in [5.41, 5.74) is 11.4. The third-order valence-electron chi connectivity index (χ3n) is 3.45. The number of hydrogen-bond donors (Lipinski definition) is 2. The number of halogens is 1. The maximum Gasteiger partial charge on any atom is 0.280 e. The first kappa shape index (κ1) is 20.3. The molecule has 0 radical (unpaired) electrons. The number of sulfone groups is 1. The Morgan fingerprint density at radius 2 is 1.81 bits per heavy atom. The molecule has 138 valence electrons. The quantitative estimate of drug-likeness (QED) is 0.577. The number of carbonyl (C=O) groups excluding carboxylic acids is 1. The Kier molecular flexibility index (Phi) is 6.33. The average molecular weight is 412 g/mol. The van der Waals surface area contributed by atoms with E-state index in [1.54, 1.807) is 30.3 Å². The summed E-state index contributed by atoms with van der Waals surface area (Å²) in [7, 11) is -3.58. The molecule has 2 rings (SSSR count). The van der Waals surface area contributed by atoms with Gasteiger partial charge in [0.2, 0.25) is 0 Å². The lowest BCUT2D eigenvalue weighted by Gasteiger charge is -2.13. The third kappa shape index (κ3) is 5.00. The Bertz CT molecular complexity index is 967. The molecular weight excluding hydrogens is 394 g/mol. The van der Waals surface area contributed by atoms with Gasteiger partial charge < -0.3 is 11.5 Å². The van der Waals surface area contributed by atoms with Gasteiger partial charge in [0.25, 0.3) is 5.91 Å². The van der Waals surface area contributed by atoms with Gasteiger partial charge in [0.15, 0.2) is 15.8 Å². The van der Waals surface area contributed by atoms with Crippen LogP contribution in [-0.2, 0) is 16.3 Å². The number of amides is 1. The zero-order valence-corrected chi connectivity index (χ0v) is 16.6. The summed E-state index contributed by atoms with van der Waals surface area (Å²) in [6.45, 7) is 1.86. The summed E-state index contributed by atoms with van der Waals surface area (Å²) in [4.78, 5) is 17.2. The lowest BCUT2D eigenvalue weighted by atomic mass is 10.0. The van der Waals surface area contributed by atoms with Crippen LogP contribution in [-0.4, -0.2) is 26.5 Å². The van der Waals surface area contributed by atoms with Gasteiger partial charge in [-0.15, -0.1) is 0 Å². The van der Waals surface area contributed by atoms with Crippen LogP contribution < -0.4 is 11.5 Å². The van der Waals surface area contributed by atoms with E-state index in [9.17, 15) is 13.2 Å². The number of carbonyl (C=O) groups is 1. The molecule has 0 bridgehead atoms. The zero-order valence-electron chi connectivity index (χ0n) is 14.2.